The van der Waals surface area contributed by atoms with Crippen molar-refractivity contribution >= 4 is 22.9 Å². The van der Waals surface area contributed by atoms with Crippen molar-refractivity contribution in [2.75, 3.05) is 12.8 Å². The van der Waals surface area contributed by atoms with Gasteiger partial charge in [-0.3, -0.25) is 14.5 Å². The molecule has 1 aromatic rings. The summed E-state index contributed by atoms with van der Waals surface area (Å²) >= 11 is -1.00. The smallest absolute Gasteiger partial charge is 0.233 e. The molecule has 1 aromatic carbocycles. The van der Waals surface area contributed by atoms with E-state index in [-0.39, 0.29) is 17.1 Å². The van der Waals surface area contributed by atoms with E-state index < -0.39 is 11.2 Å². The zero-order chi connectivity index (χ0) is 13.8. The molecule has 2 unspecified atom stereocenters. The number of β-lactam (4-membered cyclic amide) rings is 1. The maximum Gasteiger partial charge on any atom is 0.233 e. The summed E-state index contributed by atoms with van der Waals surface area (Å²) in [6.45, 7) is 0.516. The quantitative estimate of drug-likeness (QED) is 0.451. The predicted molar refractivity (Wildman–Crippen MR) is 74.2 cm³/mol. The van der Waals surface area contributed by atoms with Gasteiger partial charge >= 0.3 is 0 Å². The van der Waals surface area contributed by atoms with E-state index in [0.29, 0.717) is 31.4 Å². The molecule has 0 aliphatic carbocycles. The Morgan fingerprint density at radius 3 is 2.68 bits per heavy atom. The summed E-state index contributed by atoms with van der Waals surface area (Å²) in [5, 5.41) is -0.153. The van der Waals surface area contributed by atoms with Gasteiger partial charge in [0, 0.05) is 18.5 Å². The first-order chi connectivity index (χ1) is 9.09. The molecule has 0 aromatic heterocycles. The Morgan fingerprint density at radius 2 is 2.11 bits per heavy atom. The molecule has 0 bridgehead atoms. The molecule has 102 valence electrons. The summed E-state index contributed by atoms with van der Waals surface area (Å²) in [4.78, 5) is 24.9. The predicted octanol–water partition coefficient (Wildman–Crippen LogP) is 1.59. The molecule has 1 fully saturated rings. The van der Waals surface area contributed by atoms with E-state index in [1.54, 1.807) is 23.3 Å². The van der Waals surface area contributed by atoms with Crippen molar-refractivity contribution in [3.8, 4) is 0 Å². The van der Waals surface area contributed by atoms with Gasteiger partial charge in [0.1, 0.15) is 0 Å². The molecule has 0 N–H and O–H groups in total. The van der Waals surface area contributed by atoms with E-state index in [4.69, 9.17) is 0 Å². The van der Waals surface area contributed by atoms with E-state index in [1.807, 2.05) is 18.2 Å². The van der Waals surface area contributed by atoms with Crippen LogP contribution in [0, 0.1) is 0 Å². The Hall–Kier alpha value is -1.33. The lowest BCUT2D eigenvalue weighted by Crippen LogP contribution is -2.56. The first-order valence-electron chi connectivity index (χ1n) is 6.29. The number of hydrogen-bond donors (Lipinski definition) is 0. The molecule has 5 heteroatoms. The highest BCUT2D eigenvalue weighted by atomic mass is 32.2. The van der Waals surface area contributed by atoms with Gasteiger partial charge in [-0.25, -0.2) is 0 Å². The van der Waals surface area contributed by atoms with E-state index in [2.05, 4.69) is 0 Å². The van der Waals surface area contributed by atoms with Crippen LogP contribution in [0.25, 0.3) is 0 Å². The average molecular weight is 279 g/mol. The summed E-state index contributed by atoms with van der Waals surface area (Å²) in [6.07, 6.45) is 3.01. The lowest BCUT2D eigenvalue weighted by atomic mass is 10.1. The number of carbonyl (C=O) groups excluding carboxylic acids is 2. The van der Waals surface area contributed by atoms with Crippen molar-refractivity contribution in [2.24, 2.45) is 0 Å². The highest BCUT2D eigenvalue weighted by Crippen LogP contribution is 2.24. The van der Waals surface area contributed by atoms with Crippen LogP contribution in [0.1, 0.15) is 29.6 Å². The fourth-order valence-corrected chi connectivity index (χ4v) is 3.13. The van der Waals surface area contributed by atoms with E-state index in [0.717, 1.165) is 0 Å². The van der Waals surface area contributed by atoms with Gasteiger partial charge in [-0.05, 0) is 17.6 Å². The fraction of sp³-hybridized carbons (Fsp3) is 0.429. The molecule has 0 saturated carbocycles. The highest BCUT2D eigenvalue weighted by molar-refractivity contribution is 7.91. The fourth-order valence-electron chi connectivity index (χ4n) is 2.17. The Balaban J connectivity index is 1.78. The van der Waals surface area contributed by atoms with Gasteiger partial charge in [0.25, 0.3) is 0 Å². The second-order valence-electron chi connectivity index (χ2n) is 4.64. The molecule has 0 spiro atoms. The van der Waals surface area contributed by atoms with Crippen molar-refractivity contribution in [2.45, 2.75) is 24.6 Å². The second kappa shape index (κ2) is 6.21. The van der Waals surface area contributed by atoms with Gasteiger partial charge < -0.3 is 4.55 Å². The maximum absolute atomic E-state index is 11.9. The van der Waals surface area contributed by atoms with E-state index in [1.165, 1.54) is 0 Å². The van der Waals surface area contributed by atoms with Crippen LogP contribution in [0.4, 0.5) is 0 Å². The molecule has 2 rings (SSSR count). The van der Waals surface area contributed by atoms with Crippen LogP contribution in [-0.2, 0) is 16.0 Å². The van der Waals surface area contributed by atoms with Gasteiger partial charge in [0.15, 0.2) is 11.2 Å². The summed E-state index contributed by atoms with van der Waals surface area (Å²) < 4.78 is 11.4. The third kappa shape index (κ3) is 3.36. The molecule has 1 heterocycles. The molecule has 1 aliphatic heterocycles. The van der Waals surface area contributed by atoms with Gasteiger partial charge in [-0.2, -0.15) is 0 Å². The topological polar surface area (TPSA) is 60.4 Å². The van der Waals surface area contributed by atoms with Crippen LogP contribution in [0.5, 0.6) is 0 Å². The molecule has 2 atom stereocenters. The Kier molecular flexibility index (Phi) is 4.61. The summed E-state index contributed by atoms with van der Waals surface area (Å²) in [5.41, 5.74) is 0.702. The van der Waals surface area contributed by atoms with E-state index in [9.17, 15) is 14.1 Å². The minimum atomic E-state index is -1.00. The first kappa shape index (κ1) is 14.1. The van der Waals surface area contributed by atoms with Gasteiger partial charge in [-0.15, -0.1) is 0 Å². The number of carbonyl (C=O) groups is 2. The van der Waals surface area contributed by atoms with Crippen molar-refractivity contribution < 1.29 is 14.1 Å². The Bertz CT molecular complexity index is 461. The molecule has 0 radical (unpaired) electrons. The average Bonchev–Trinajstić information content (AvgIpc) is 2.41. The third-order valence-electron chi connectivity index (χ3n) is 3.30. The minimum Gasteiger partial charge on any atom is -0.615 e. The highest BCUT2D eigenvalue weighted by Gasteiger charge is 2.42. The van der Waals surface area contributed by atoms with Crippen molar-refractivity contribution in [1.82, 2.24) is 4.90 Å². The van der Waals surface area contributed by atoms with Crippen LogP contribution in [0.2, 0.25) is 0 Å². The van der Waals surface area contributed by atoms with Crippen LogP contribution in [0.3, 0.4) is 0 Å². The van der Waals surface area contributed by atoms with Gasteiger partial charge in [0.05, 0.1) is 12.7 Å². The SMILES string of the molecule is C[S+]([O-])C1CC(=O)N1CCCC(=O)c1ccccc1. The van der Waals surface area contributed by atoms with Gasteiger partial charge in [-0.1, -0.05) is 30.3 Å². The number of Topliss-reactive ketones (excluding diaryl/α,β-unsaturated/α-hetero) is 1. The zero-order valence-electron chi connectivity index (χ0n) is 10.9. The zero-order valence-corrected chi connectivity index (χ0v) is 11.7. The number of benzene rings is 1. The number of hydrogen-bond acceptors (Lipinski definition) is 3. The molecule has 4 nitrogen and oxygen atoms in total. The standard InChI is InChI=1S/C14H17NO3S/c1-19(18)14-10-13(17)15(14)9-5-8-12(16)11-6-3-2-4-7-11/h2-4,6-7,14H,5,8-10H2,1H3. The summed E-state index contributed by atoms with van der Waals surface area (Å²) in [5.74, 6) is 0.120. The Morgan fingerprint density at radius 1 is 1.42 bits per heavy atom. The molecule has 19 heavy (non-hydrogen) atoms. The number of rotatable bonds is 6. The van der Waals surface area contributed by atoms with Crippen LogP contribution in [-0.4, -0.2) is 39.3 Å². The number of amides is 1. The molecule has 1 saturated heterocycles. The van der Waals surface area contributed by atoms with E-state index >= 15 is 0 Å². The van der Waals surface area contributed by atoms with Crippen molar-refractivity contribution in [3.63, 3.8) is 0 Å². The number of ketones is 1. The number of likely N-dealkylation sites (tertiary alicyclic amines) is 1. The maximum atomic E-state index is 11.9. The third-order valence-corrected chi connectivity index (χ3v) is 4.49. The van der Waals surface area contributed by atoms with Crippen LogP contribution < -0.4 is 0 Å². The van der Waals surface area contributed by atoms with Crippen molar-refractivity contribution in [1.29, 1.82) is 0 Å². The number of nitrogens with zero attached hydrogens (tertiary/aromatic N) is 1. The lowest BCUT2D eigenvalue weighted by molar-refractivity contribution is -0.141. The molecule has 1 amide bonds. The van der Waals surface area contributed by atoms with Crippen LogP contribution >= 0.6 is 0 Å². The molecular weight excluding hydrogens is 262 g/mol. The molecule has 1 aliphatic rings. The second-order valence-corrected chi connectivity index (χ2v) is 6.18. The van der Waals surface area contributed by atoms with Crippen LogP contribution in [0.15, 0.2) is 30.3 Å². The summed E-state index contributed by atoms with van der Waals surface area (Å²) in [6, 6.07) is 9.13. The lowest BCUT2D eigenvalue weighted by Gasteiger charge is -2.39. The van der Waals surface area contributed by atoms with Gasteiger partial charge in [0.2, 0.25) is 5.91 Å². The first-order valence-corrected chi connectivity index (χ1v) is 7.91. The Labute approximate surface area is 116 Å². The normalized spacial score (nSPS) is 20.0. The van der Waals surface area contributed by atoms with Crippen molar-refractivity contribution in [3.05, 3.63) is 35.9 Å². The molecular formula is C14H17NO3S. The minimum absolute atomic E-state index is 0.0346. The largest absolute Gasteiger partial charge is 0.615 e. The monoisotopic (exact) mass is 279 g/mol. The summed E-state index contributed by atoms with van der Waals surface area (Å²) in [7, 11) is 0.